The van der Waals surface area contributed by atoms with E-state index in [4.69, 9.17) is 4.74 Å². The van der Waals surface area contributed by atoms with Crippen molar-refractivity contribution in [1.29, 1.82) is 0 Å². The Kier molecular flexibility index (Phi) is 5.92. The lowest BCUT2D eigenvalue weighted by Crippen LogP contribution is -2.51. The molecule has 2 atom stereocenters. The van der Waals surface area contributed by atoms with Crippen molar-refractivity contribution >= 4 is 16.6 Å². The van der Waals surface area contributed by atoms with Crippen molar-refractivity contribution in [2.75, 3.05) is 25.0 Å². The average Bonchev–Trinajstić information content (AvgIpc) is 3.09. The summed E-state index contributed by atoms with van der Waals surface area (Å²) < 4.78 is 58.9. The molecule has 2 aliphatic heterocycles. The molecule has 2 aromatic carbocycles. The molecule has 9 heteroatoms. The number of anilines is 1. The Morgan fingerprint density at radius 3 is 2.61 bits per heavy atom. The summed E-state index contributed by atoms with van der Waals surface area (Å²) in [7, 11) is 0. The minimum absolute atomic E-state index is 0.00902. The third kappa shape index (κ3) is 4.27. The summed E-state index contributed by atoms with van der Waals surface area (Å²) in [6.45, 7) is -0.0346. The van der Waals surface area contributed by atoms with Gasteiger partial charge in [-0.15, -0.1) is 0 Å². The molecule has 1 saturated heterocycles. The van der Waals surface area contributed by atoms with Crippen LogP contribution in [0.1, 0.15) is 29.8 Å². The molecular formula is C24H26F4N4O. The van der Waals surface area contributed by atoms with Crippen molar-refractivity contribution in [3.63, 3.8) is 0 Å². The van der Waals surface area contributed by atoms with Gasteiger partial charge in [0, 0.05) is 53.0 Å². The fraction of sp³-hybridized carbons (Fsp3) is 0.417. The molecule has 1 aromatic heterocycles. The normalized spacial score (nSPS) is 21.4. The maximum Gasteiger partial charge on any atom is 0.387 e. The number of hydrogen-bond donors (Lipinski definition) is 3. The van der Waals surface area contributed by atoms with Gasteiger partial charge in [-0.2, -0.15) is 8.78 Å². The summed E-state index contributed by atoms with van der Waals surface area (Å²) in [5.74, 6) is -0.00902. The molecule has 0 spiro atoms. The van der Waals surface area contributed by atoms with Crippen LogP contribution in [0.25, 0.3) is 10.9 Å². The number of benzene rings is 2. The predicted octanol–water partition coefficient (Wildman–Crippen LogP) is 4.75. The fourth-order valence-electron chi connectivity index (χ4n) is 4.96. The molecule has 33 heavy (non-hydrogen) atoms. The Bertz CT molecular complexity index is 1130. The van der Waals surface area contributed by atoms with E-state index in [2.05, 4.69) is 15.6 Å². The number of nitrogens with zero attached hydrogens (tertiary/aromatic N) is 1. The SMILES string of the molecule is C[C@@H]1Cc2c([nH]c3ccccc23)[C@@H](c2ccc(NC3CNC3)cc2OC(F)F)N1CC(F)F. The number of aromatic nitrogens is 1. The molecule has 0 amide bonds. The lowest BCUT2D eigenvalue weighted by atomic mass is 9.88. The van der Waals surface area contributed by atoms with Gasteiger partial charge in [-0.05, 0) is 31.0 Å². The maximum absolute atomic E-state index is 13.6. The van der Waals surface area contributed by atoms with Crippen LogP contribution in [-0.4, -0.2) is 54.6 Å². The topological polar surface area (TPSA) is 52.3 Å². The Morgan fingerprint density at radius 1 is 1.12 bits per heavy atom. The Hall–Kier alpha value is -2.78. The Balaban J connectivity index is 1.63. The monoisotopic (exact) mass is 462 g/mol. The van der Waals surface area contributed by atoms with E-state index in [1.165, 1.54) is 0 Å². The molecule has 0 aliphatic carbocycles. The summed E-state index contributed by atoms with van der Waals surface area (Å²) in [5, 5.41) is 7.46. The minimum atomic E-state index is -3.03. The van der Waals surface area contributed by atoms with Crippen molar-refractivity contribution in [3.05, 3.63) is 59.3 Å². The van der Waals surface area contributed by atoms with E-state index >= 15 is 0 Å². The predicted molar refractivity (Wildman–Crippen MR) is 119 cm³/mol. The molecule has 176 valence electrons. The highest BCUT2D eigenvalue weighted by Crippen LogP contribution is 2.44. The number of H-pyrrole nitrogens is 1. The molecule has 3 N–H and O–H groups in total. The van der Waals surface area contributed by atoms with Crippen LogP contribution in [0.4, 0.5) is 23.2 Å². The van der Waals surface area contributed by atoms with Crippen LogP contribution in [-0.2, 0) is 6.42 Å². The van der Waals surface area contributed by atoms with E-state index < -0.39 is 25.6 Å². The first-order valence-electron chi connectivity index (χ1n) is 11.1. The zero-order valence-corrected chi connectivity index (χ0v) is 18.1. The number of halogens is 4. The van der Waals surface area contributed by atoms with Gasteiger partial charge in [0.05, 0.1) is 18.6 Å². The van der Waals surface area contributed by atoms with Gasteiger partial charge in [0.25, 0.3) is 6.43 Å². The molecule has 5 nitrogen and oxygen atoms in total. The van der Waals surface area contributed by atoms with E-state index in [1.807, 2.05) is 31.2 Å². The molecule has 2 aliphatic rings. The molecule has 0 saturated carbocycles. The number of alkyl halides is 4. The fourth-order valence-corrected chi connectivity index (χ4v) is 4.96. The maximum atomic E-state index is 13.6. The van der Waals surface area contributed by atoms with E-state index in [0.717, 1.165) is 35.2 Å². The van der Waals surface area contributed by atoms with Gasteiger partial charge < -0.3 is 20.4 Å². The zero-order chi connectivity index (χ0) is 23.1. The molecule has 0 unspecified atom stereocenters. The minimum Gasteiger partial charge on any atom is -0.434 e. The van der Waals surface area contributed by atoms with Crippen LogP contribution in [0.2, 0.25) is 0 Å². The first-order chi connectivity index (χ1) is 15.9. The summed E-state index contributed by atoms with van der Waals surface area (Å²) >= 11 is 0. The lowest BCUT2D eigenvalue weighted by molar-refractivity contribution is -0.0515. The van der Waals surface area contributed by atoms with Gasteiger partial charge >= 0.3 is 6.61 Å². The largest absolute Gasteiger partial charge is 0.434 e. The van der Waals surface area contributed by atoms with Crippen LogP contribution < -0.4 is 15.4 Å². The molecule has 3 heterocycles. The highest BCUT2D eigenvalue weighted by Gasteiger charge is 2.38. The molecular weight excluding hydrogens is 436 g/mol. The second kappa shape index (κ2) is 8.87. The van der Waals surface area contributed by atoms with Crippen LogP contribution in [0.5, 0.6) is 5.75 Å². The number of aromatic amines is 1. The first kappa shape index (κ1) is 22.0. The number of para-hydroxylation sites is 1. The van der Waals surface area contributed by atoms with Gasteiger partial charge in [0.15, 0.2) is 0 Å². The summed E-state index contributed by atoms with van der Waals surface area (Å²) in [4.78, 5) is 5.06. The van der Waals surface area contributed by atoms with Gasteiger partial charge in [-0.3, -0.25) is 4.90 Å². The summed E-state index contributed by atoms with van der Waals surface area (Å²) in [5.41, 5.74) is 3.76. The summed E-state index contributed by atoms with van der Waals surface area (Å²) in [6.07, 6.45) is -1.98. The van der Waals surface area contributed by atoms with Crippen molar-refractivity contribution in [2.45, 2.75) is 44.5 Å². The molecule has 5 rings (SSSR count). The van der Waals surface area contributed by atoms with Crippen LogP contribution in [0, 0.1) is 0 Å². The smallest absolute Gasteiger partial charge is 0.387 e. The number of ether oxygens (including phenoxy) is 1. The quantitative estimate of drug-likeness (QED) is 0.444. The van der Waals surface area contributed by atoms with Crippen molar-refractivity contribution in [3.8, 4) is 5.75 Å². The first-order valence-corrected chi connectivity index (χ1v) is 11.1. The number of hydrogen-bond acceptors (Lipinski definition) is 4. The van der Waals surface area contributed by atoms with E-state index in [0.29, 0.717) is 17.7 Å². The van der Waals surface area contributed by atoms with E-state index in [9.17, 15) is 17.6 Å². The van der Waals surface area contributed by atoms with E-state index in [-0.39, 0.29) is 17.8 Å². The van der Waals surface area contributed by atoms with Crippen molar-refractivity contribution < 1.29 is 22.3 Å². The lowest BCUT2D eigenvalue weighted by Gasteiger charge is -2.41. The average molecular weight is 462 g/mol. The second-order valence-corrected chi connectivity index (χ2v) is 8.74. The number of fused-ring (bicyclic) bond motifs is 3. The van der Waals surface area contributed by atoms with Crippen LogP contribution in [0.3, 0.4) is 0 Å². The third-order valence-electron chi connectivity index (χ3n) is 6.54. The Morgan fingerprint density at radius 2 is 1.91 bits per heavy atom. The standard InChI is InChI=1S/C24H26F4N4O/c1-13-8-18-16-4-2-3-5-19(16)31-22(18)23(32(13)12-21(25)26)17-7-6-14(30-15-10-29-11-15)9-20(17)33-24(27)28/h2-7,9,13,15,21,23-24,29-31H,8,10-12H2,1H3/t13-,23-/m1/s1. The number of nitrogens with one attached hydrogen (secondary N) is 3. The van der Waals surface area contributed by atoms with Gasteiger partial charge in [-0.1, -0.05) is 24.3 Å². The van der Waals surface area contributed by atoms with Gasteiger partial charge in [0.2, 0.25) is 0 Å². The highest BCUT2D eigenvalue weighted by atomic mass is 19.3. The van der Waals surface area contributed by atoms with Crippen LogP contribution >= 0.6 is 0 Å². The summed E-state index contributed by atoms with van der Waals surface area (Å²) in [6, 6.07) is 12.1. The Labute approximate surface area is 189 Å². The van der Waals surface area contributed by atoms with E-state index in [1.54, 1.807) is 23.1 Å². The van der Waals surface area contributed by atoms with Crippen molar-refractivity contribution in [2.24, 2.45) is 0 Å². The molecule has 3 aromatic rings. The number of rotatable bonds is 7. The van der Waals surface area contributed by atoms with Crippen molar-refractivity contribution in [1.82, 2.24) is 15.2 Å². The van der Waals surface area contributed by atoms with Crippen LogP contribution in [0.15, 0.2) is 42.5 Å². The van der Waals surface area contributed by atoms with Gasteiger partial charge in [0.1, 0.15) is 5.75 Å². The second-order valence-electron chi connectivity index (χ2n) is 8.74. The third-order valence-corrected chi connectivity index (χ3v) is 6.54. The molecule has 1 fully saturated rings. The van der Waals surface area contributed by atoms with Gasteiger partial charge in [-0.25, -0.2) is 8.78 Å². The zero-order valence-electron chi connectivity index (χ0n) is 18.1. The highest BCUT2D eigenvalue weighted by molar-refractivity contribution is 5.85. The molecule has 0 bridgehead atoms. The molecule has 0 radical (unpaired) electrons.